The van der Waals surface area contributed by atoms with Crippen LogP contribution in [0.3, 0.4) is 0 Å². The van der Waals surface area contributed by atoms with Crippen LogP contribution in [-0.4, -0.2) is 16.6 Å². The van der Waals surface area contributed by atoms with Crippen LogP contribution in [0, 0.1) is 10.1 Å². The Morgan fingerprint density at radius 3 is 2.39 bits per heavy atom. The lowest BCUT2D eigenvalue weighted by Crippen LogP contribution is -2.14. The van der Waals surface area contributed by atoms with E-state index >= 15 is 0 Å². The van der Waals surface area contributed by atoms with E-state index in [1.165, 1.54) is 12.1 Å². The molecule has 31 heavy (non-hydrogen) atoms. The minimum Gasteiger partial charge on any atom is -0.450 e. The number of fused-ring (bicyclic) bond motifs is 1. The molecule has 1 amide bonds. The minimum absolute atomic E-state index is 0.0171. The van der Waals surface area contributed by atoms with Crippen LogP contribution in [-0.2, 0) is 0 Å². The van der Waals surface area contributed by atoms with Gasteiger partial charge in [0.2, 0.25) is 5.78 Å². The first-order valence-corrected chi connectivity index (χ1v) is 10.1. The molecule has 9 heteroatoms. The number of hydrogen-bond donors (Lipinski definition) is 1. The second kappa shape index (κ2) is 8.33. The third kappa shape index (κ3) is 4.08. The molecular weight excluding hydrogens is 488 g/mol. The fourth-order valence-electron chi connectivity index (χ4n) is 3.04. The summed E-state index contributed by atoms with van der Waals surface area (Å²) >= 11 is 9.15. The van der Waals surface area contributed by atoms with E-state index in [0.29, 0.717) is 16.5 Å². The molecule has 0 bridgehead atoms. The molecule has 154 valence electrons. The number of carbonyl (C=O) groups is 2. The van der Waals surface area contributed by atoms with Crippen molar-refractivity contribution in [2.45, 2.75) is 0 Å². The molecule has 7 nitrogen and oxygen atoms in total. The molecule has 0 aliphatic carbocycles. The van der Waals surface area contributed by atoms with Gasteiger partial charge in [-0.25, -0.2) is 0 Å². The van der Waals surface area contributed by atoms with E-state index in [1.807, 2.05) is 0 Å². The maximum absolute atomic E-state index is 13.1. The summed E-state index contributed by atoms with van der Waals surface area (Å²) in [5, 5.41) is 14.3. The lowest BCUT2D eigenvalue weighted by molar-refractivity contribution is -0.384. The lowest BCUT2D eigenvalue weighted by atomic mass is 10.1. The number of rotatable bonds is 5. The molecule has 0 aliphatic rings. The zero-order chi connectivity index (χ0) is 22.1. The van der Waals surface area contributed by atoms with Gasteiger partial charge in [-0.2, -0.15) is 0 Å². The number of halogens is 2. The van der Waals surface area contributed by atoms with E-state index < -0.39 is 22.3 Å². The average molecular weight is 500 g/mol. The predicted octanol–water partition coefficient (Wildman–Crippen LogP) is 6.24. The Hall–Kier alpha value is -3.49. The molecular formula is C22H12BrClN2O5. The van der Waals surface area contributed by atoms with Crippen molar-refractivity contribution in [2.24, 2.45) is 0 Å². The normalized spacial score (nSPS) is 10.8. The Bertz CT molecular complexity index is 1350. The lowest BCUT2D eigenvalue weighted by Gasteiger charge is -2.07. The first-order chi connectivity index (χ1) is 14.8. The van der Waals surface area contributed by atoms with E-state index in [2.05, 4.69) is 21.2 Å². The Morgan fingerprint density at radius 2 is 1.68 bits per heavy atom. The quantitative estimate of drug-likeness (QED) is 0.199. The molecule has 0 aliphatic heterocycles. The van der Waals surface area contributed by atoms with Crippen molar-refractivity contribution in [3.05, 3.63) is 103 Å². The van der Waals surface area contributed by atoms with Crippen LogP contribution in [0.5, 0.6) is 0 Å². The highest BCUT2D eigenvalue weighted by molar-refractivity contribution is 9.10. The molecule has 4 aromatic rings. The number of hydrogen-bond acceptors (Lipinski definition) is 5. The van der Waals surface area contributed by atoms with Gasteiger partial charge >= 0.3 is 0 Å². The van der Waals surface area contributed by atoms with E-state index in [9.17, 15) is 19.7 Å². The topological polar surface area (TPSA) is 102 Å². The number of carbonyl (C=O) groups excluding carboxylic acids is 2. The number of anilines is 1. The zero-order valence-corrected chi connectivity index (χ0v) is 17.9. The van der Waals surface area contributed by atoms with Crippen molar-refractivity contribution < 1.29 is 18.9 Å². The number of nitrogens with zero attached hydrogens (tertiary/aromatic N) is 1. The summed E-state index contributed by atoms with van der Waals surface area (Å²) in [5.74, 6) is -1.10. The molecule has 0 saturated carbocycles. The van der Waals surface area contributed by atoms with Crippen molar-refractivity contribution in [1.29, 1.82) is 0 Å². The van der Waals surface area contributed by atoms with E-state index in [1.54, 1.807) is 48.5 Å². The molecule has 1 N–H and O–H groups in total. The number of furan rings is 1. The van der Waals surface area contributed by atoms with Gasteiger partial charge in [-0.05, 0) is 48.5 Å². The average Bonchev–Trinajstić information content (AvgIpc) is 3.12. The van der Waals surface area contributed by atoms with Gasteiger partial charge < -0.3 is 9.73 Å². The Morgan fingerprint density at radius 1 is 1.00 bits per heavy atom. The van der Waals surface area contributed by atoms with Gasteiger partial charge in [-0.1, -0.05) is 39.7 Å². The van der Waals surface area contributed by atoms with Gasteiger partial charge in [0.25, 0.3) is 11.6 Å². The van der Waals surface area contributed by atoms with Crippen LogP contribution in [0.2, 0.25) is 5.02 Å². The summed E-state index contributed by atoms with van der Waals surface area (Å²) in [6.45, 7) is 0. The number of ketones is 1. The van der Waals surface area contributed by atoms with Gasteiger partial charge in [0.15, 0.2) is 5.76 Å². The van der Waals surface area contributed by atoms with Crippen LogP contribution < -0.4 is 5.32 Å². The summed E-state index contributed by atoms with van der Waals surface area (Å²) in [6, 6.07) is 17.3. The van der Waals surface area contributed by atoms with Crippen molar-refractivity contribution in [1.82, 2.24) is 0 Å². The molecule has 0 fully saturated rings. The first kappa shape index (κ1) is 20.8. The highest BCUT2D eigenvalue weighted by Crippen LogP contribution is 2.33. The van der Waals surface area contributed by atoms with Gasteiger partial charge in [0, 0.05) is 27.1 Å². The van der Waals surface area contributed by atoms with E-state index in [4.69, 9.17) is 16.0 Å². The monoisotopic (exact) mass is 498 g/mol. The van der Waals surface area contributed by atoms with Crippen LogP contribution >= 0.6 is 27.5 Å². The first-order valence-electron chi connectivity index (χ1n) is 8.92. The van der Waals surface area contributed by atoms with Crippen molar-refractivity contribution in [3.63, 3.8) is 0 Å². The fourth-order valence-corrected chi connectivity index (χ4v) is 3.49. The maximum Gasteiger partial charge on any atom is 0.288 e. The van der Waals surface area contributed by atoms with Gasteiger partial charge in [-0.15, -0.1) is 0 Å². The van der Waals surface area contributed by atoms with Crippen molar-refractivity contribution in [2.75, 3.05) is 5.32 Å². The van der Waals surface area contributed by atoms with Crippen LogP contribution in [0.4, 0.5) is 11.4 Å². The second-order valence-corrected chi connectivity index (χ2v) is 7.84. The number of nitrogens with one attached hydrogen (secondary N) is 1. The van der Waals surface area contributed by atoms with Gasteiger partial charge in [0.1, 0.15) is 10.6 Å². The van der Waals surface area contributed by atoms with Crippen LogP contribution in [0.25, 0.3) is 11.0 Å². The summed E-state index contributed by atoms with van der Waals surface area (Å²) in [7, 11) is 0. The Balaban J connectivity index is 1.76. The third-order valence-electron chi connectivity index (χ3n) is 4.55. The molecule has 0 spiro atoms. The number of amides is 1. The number of para-hydroxylation sites is 1. The molecule has 1 heterocycles. The Kier molecular flexibility index (Phi) is 5.58. The molecule has 0 radical (unpaired) electrons. The Labute approximate surface area is 188 Å². The van der Waals surface area contributed by atoms with E-state index in [0.717, 1.165) is 10.5 Å². The second-order valence-electron chi connectivity index (χ2n) is 6.52. The minimum atomic E-state index is -0.672. The summed E-state index contributed by atoms with van der Waals surface area (Å²) in [5.41, 5.74) is 0.604. The summed E-state index contributed by atoms with van der Waals surface area (Å²) in [6.07, 6.45) is 0. The molecule has 3 aromatic carbocycles. The largest absolute Gasteiger partial charge is 0.450 e. The van der Waals surface area contributed by atoms with Crippen molar-refractivity contribution >= 4 is 61.6 Å². The molecule has 0 saturated heterocycles. The number of benzene rings is 3. The standard InChI is InChI=1S/C22H12BrClN2O5/c23-14-8-5-12(6-9-14)20(27)21-19(15-3-1-2-4-18(15)31-21)25-22(28)13-7-10-16(24)17(11-13)26(29)30/h1-11H,(H,25,28). The SMILES string of the molecule is O=C(Nc1c(C(=O)c2ccc(Br)cc2)oc2ccccc12)c1ccc(Cl)c([N+](=O)[O-])c1. The molecule has 1 aromatic heterocycles. The van der Waals surface area contributed by atoms with Crippen LogP contribution in [0.15, 0.2) is 75.6 Å². The molecule has 4 rings (SSSR count). The maximum atomic E-state index is 13.1. The van der Waals surface area contributed by atoms with Gasteiger partial charge in [0.05, 0.1) is 10.6 Å². The zero-order valence-electron chi connectivity index (χ0n) is 15.6. The highest BCUT2D eigenvalue weighted by atomic mass is 79.9. The number of nitro benzene ring substituents is 1. The fraction of sp³-hybridized carbons (Fsp3) is 0. The molecule has 0 atom stereocenters. The smallest absolute Gasteiger partial charge is 0.288 e. The third-order valence-corrected chi connectivity index (χ3v) is 5.40. The molecule has 0 unspecified atom stereocenters. The number of nitro groups is 1. The highest BCUT2D eigenvalue weighted by Gasteiger charge is 2.24. The van der Waals surface area contributed by atoms with Gasteiger partial charge in [-0.3, -0.25) is 19.7 Å². The predicted molar refractivity (Wildman–Crippen MR) is 120 cm³/mol. The summed E-state index contributed by atoms with van der Waals surface area (Å²) in [4.78, 5) is 36.4. The van der Waals surface area contributed by atoms with E-state index in [-0.39, 0.29) is 22.0 Å². The van der Waals surface area contributed by atoms with Crippen molar-refractivity contribution in [3.8, 4) is 0 Å². The summed E-state index contributed by atoms with van der Waals surface area (Å²) < 4.78 is 6.57. The van der Waals surface area contributed by atoms with Crippen LogP contribution in [0.1, 0.15) is 26.5 Å².